The van der Waals surface area contributed by atoms with E-state index in [9.17, 15) is 0 Å². The van der Waals surface area contributed by atoms with Crippen molar-refractivity contribution < 1.29 is 0 Å². The molecular weight excluding hydrogens is 266 g/mol. The zero-order chi connectivity index (χ0) is 13.4. The number of benzene rings is 1. The van der Waals surface area contributed by atoms with Gasteiger partial charge >= 0.3 is 0 Å². The molecule has 3 nitrogen and oxygen atoms in total. The molecule has 1 aromatic carbocycles. The van der Waals surface area contributed by atoms with E-state index in [4.69, 9.17) is 0 Å². The predicted octanol–water partition coefficient (Wildman–Crippen LogP) is 3.53. The number of rotatable bonds is 4. The molecule has 2 aromatic heterocycles. The van der Waals surface area contributed by atoms with Crippen molar-refractivity contribution in [1.29, 1.82) is 0 Å². The highest BCUT2D eigenvalue weighted by molar-refractivity contribution is 7.09. The summed E-state index contributed by atoms with van der Waals surface area (Å²) in [5.74, 6) is 0. The van der Waals surface area contributed by atoms with Gasteiger partial charge in [0.25, 0.3) is 0 Å². The molecule has 20 heavy (non-hydrogen) atoms. The van der Waals surface area contributed by atoms with E-state index in [2.05, 4.69) is 39.6 Å². The van der Waals surface area contributed by atoms with Crippen LogP contribution in [0.15, 0.2) is 48.1 Å². The Morgan fingerprint density at radius 1 is 1.15 bits per heavy atom. The Morgan fingerprint density at radius 3 is 2.90 bits per heavy atom. The molecule has 1 saturated carbocycles. The molecule has 4 rings (SSSR count). The average molecular weight is 281 g/mol. The summed E-state index contributed by atoms with van der Waals surface area (Å²) in [5, 5.41) is 8.07. The standard InChI is InChI=1S/C16H15N3S/c1-2-11-10-12(3-6-14(11)17-7-1)15(19-13-4-5-13)16-18-8-9-20-16/h1-3,6-10,13,15,19H,4-5H2. The number of nitrogens with one attached hydrogen (secondary N) is 1. The van der Waals surface area contributed by atoms with Crippen LogP contribution in [0, 0.1) is 0 Å². The third-order valence-corrected chi connectivity index (χ3v) is 4.48. The van der Waals surface area contributed by atoms with Gasteiger partial charge in [-0.1, -0.05) is 12.1 Å². The largest absolute Gasteiger partial charge is 0.301 e. The van der Waals surface area contributed by atoms with Crippen molar-refractivity contribution in [2.75, 3.05) is 0 Å². The Hall–Kier alpha value is -1.78. The van der Waals surface area contributed by atoms with Crippen LogP contribution in [-0.4, -0.2) is 16.0 Å². The minimum atomic E-state index is 0.201. The summed E-state index contributed by atoms with van der Waals surface area (Å²) in [5.41, 5.74) is 2.31. The third kappa shape index (κ3) is 2.32. The number of aromatic nitrogens is 2. The molecule has 1 fully saturated rings. The van der Waals surface area contributed by atoms with Crippen LogP contribution in [0.2, 0.25) is 0 Å². The molecular formula is C16H15N3S. The Labute approximate surface area is 121 Å². The first-order valence-corrected chi connectivity index (χ1v) is 7.78. The fourth-order valence-corrected chi connectivity index (χ4v) is 3.17. The van der Waals surface area contributed by atoms with Crippen LogP contribution in [0.1, 0.15) is 29.5 Å². The van der Waals surface area contributed by atoms with Crippen molar-refractivity contribution in [3.8, 4) is 0 Å². The second-order valence-corrected chi connectivity index (χ2v) is 6.13. The van der Waals surface area contributed by atoms with Gasteiger partial charge in [-0.05, 0) is 36.6 Å². The quantitative estimate of drug-likeness (QED) is 0.795. The molecule has 2 heterocycles. The summed E-state index contributed by atoms with van der Waals surface area (Å²) in [4.78, 5) is 8.88. The summed E-state index contributed by atoms with van der Waals surface area (Å²) in [6.45, 7) is 0. The lowest BCUT2D eigenvalue weighted by atomic mass is 10.0. The van der Waals surface area contributed by atoms with Crippen molar-refractivity contribution in [2.45, 2.75) is 24.9 Å². The Bertz CT molecular complexity index is 719. The van der Waals surface area contributed by atoms with Gasteiger partial charge < -0.3 is 5.32 Å². The number of nitrogens with zero attached hydrogens (tertiary/aromatic N) is 2. The first kappa shape index (κ1) is 12.0. The summed E-state index contributed by atoms with van der Waals surface area (Å²) in [6, 6.07) is 11.4. The first-order valence-electron chi connectivity index (χ1n) is 6.90. The van der Waals surface area contributed by atoms with Crippen molar-refractivity contribution in [1.82, 2.24) is 15.3 Å². The van der Waals surface area contributed by atoms with Gasteiger partial charge in [0.05, 0.1) is 11.6 Å². The van der Waals surface area contributed by atoms with Gasteiger partial charge in [-0.3, -0.25) is 4.98 Å². The smallest absolute Gasteiger partial charge is 0.114 e. The average Bonchev–Trinajstić information content (AvgIpc) is 3.16. The van der Waals surface area contributed by atoms with E-state index >= 15 is 0 Å². The van der Waals surface area contributed by atoms with Crippen LogP contribution < -0.4 is 5.32 Å². The molecule has 1 aliphatic rings. The van der Waals surface area contributed by atoms with E-state index < -0.39 is 0 Å². The predicted molar refractivity (Wildman–Crippen MR) is 81.9 cm³/mol. The van der Waals surface area contributed by atoms with Gasteiger partial charge in [0, 0.05) is 29.2 Å². The monoisotopic (exact) mass is 281 g/mol. The molecule has 4 heteroatoms. The second kappa shape index (κ2) is 4.96. The second-order valence-electron chi connectivity index (χ2n) is 5.20. The third-order valence-electron chi connectivity index (χ3n) is 3.64. The summed E-state index contributed by atoms with van der Waals surface area (Å²) in [7, 11) is 0. The minimum Gasteiger partial charge on any atom is -0.301 e. The highest BCUT2D eigenvalue weighted by atomic mass is 32.1. The Kier molecular flexibility index (Phi) is 2.98. The number of fused-ring (bicyclic) bond motifs is 1. The van der Waals surface area contributed by atoms with Gasteiger partial charge in [-0.2, -0.15) is 0 Å². The van der Waals surface area contributed by atoms with Gasteiger partial charge in [-0.25, -0.2) is 4.98 Å². The maximum absolute atomic E-state index is 4.49. The highest BCUT2D eigenvalue weighted by Crippen LogP contribution is 2.30. The van der Waals surface area contributed by atoms with E-state index in [1.54, 1.807) is 11.3 Å². The molecule has 0 radical (unpaired) electrons. The van der Waals surface area contributed by atoms with E-state index in [1.165, 1.54) is 23.8 Å². The molecule has 1 unspecified atom stereocenters. The summed E-state index contributed by atoms with van der Waals surface area (Å²) >= 11 is 1.71. The number of thiazole rings is 1. The first-order chi connectivity index (χ1) is 9.90. The van der Waals surface area contributed by atoms with Crippen molar-refractivity contribution in [3.05, 3.63) is 58.7 Å². The van der Waals surface area contributed by atoms with Crippen LogP contribution in [0.5, 0.6) is 0 Å². The van der Waals surface area contributed by atoms with Gasteiger partial charge in [0.2, 0.25) is 0 Å². The van der Waals surface area contributed by atoms with E-state index in [1.807, 2.05) is 23.8 Å². The van der Waals surface area contributed by atoms with Crippen molar-refractivity contribution in [2.24, 2.45) is 0 Å². The lowest BCUT2D eigenvalue weighted by molar-refractivity contribution is 0.598. The molecule has 1 atom stereocenters. The van der Waals surface area contributed by atoms with Crippen molar-refractivity contribution in [3.63, 3.8) is 0 Å². The number of pyridine rings is 1. The zero-order valence-corrected chi connectivity index (χ0v) is 11.8. The maximum Gasteiger partial charge on any atom is 0.114 e. The van der Waals surface area contributed by atoms with Crippen molar-refractivity contribution >= 4 is 22.2 Å². The lowest BCUT2D eigenvalue weighted by Gasteiger charge is -2.17. The van der Waals surface area contributed by atoms with Crippen LogP contribution >= 0.6 is 11.3 Å². The van der Waals surface area contributed by atoms with E-state index in [0.717, 1.165) is 10.5 Å². The molecule has 0 bridgehead atoms. The molecule has 0 saturated heterocycles. The van der Waals surface area contributed by atoms with E-state index in [0.29, 0.717) is 6.04 Å². The van der Waals surface area contributed by atoms with Crippen LogP contribution in [0.4, 0.5) is 0 Å². The fourth-order valence-electron chi connectivity index (χ4n) is 2.45. The molecule has 1 N–H and O–H groups in total. The van der Waals surface area contributed by atoms with Gasteiger partial charge in [0.1, 0.15) is 5.01 Å². The summed E-state index contributed by atoms with van der Waals surface area (Å²) < 4.78 is 0. The van der Waals surface area contributed by atoms with Crippen LogP contribution in [0.25, 0.3) is 10.9 Å². The SMILES string of the molecule is c1cnc2ccc(C(NC3CC3)c3nccs3)cc2c1. The molecule has 0 spiro atoms. The highest BCUT2D eigenvalue weighted by Gasteiger charge is 2.27. The maximum atomic E-state index is 4.49. The molecule has 3 aromatic rings. The summed E-state index contributed by atoms with van der Waals surface area (Å²) in [6.07, 6.45) is 6.26. The molecule has 0 amide bonds. The number of hydrogen-bond acceptors (Lipinski definition) is 4. The topological polar surface area (TPSA) is 37.8 Å². The molecule has 0 aliphatic heterocycles. The van der Waals surface area contributed by atoms with Gasteiger partial charge in [-0.15, -0.1) is 11.3 Å². The molecule has 100 valence electrons. The fraction of sp³-hybridized carbons (Fsp3) is 0.250. The van der Waals surface area contributed by atoms with Crippen LogP contribution in [0.3, 0.4) is 0 Å². The van der Waals surface area contributed by atoms with E-state index in [-0.39, 0.29) is 6.04 Å². The molecule has 1 aliphatic carbocycles. The van der Waals surface area contributed by atoms with Gasteiger partial charge in [0.15, 0.2) is 0 Å². The minimum absolute atomic E-state index is 0.201. The Morgan fingerprint density at radius 2 is 2.10 bits per heavy atom. The lowest BCUT2D eigenvalue weighted by Crippen LogP contribution is -2.24. The zero-order valence-electron chi connectivity index (χ0n) is 11.0. The number of hydrogen-bond donors (Lipinski definition) is 1. The van der Waals surface area contributed by atoms with Crippen LogP contribution in [-0.2, 0) is 0 Å². The Balaban J connectivity index is 1.76. The normalized spacial score (nSPS) is 16.4.